The lowest BCUT2D eigenvalue weighted by Gasteiger charge is -2.66. The maximum absolute atomic E-state index is 12.6. The van der Waals surface area contributed by atoms with E-state index in [4.69, 9.17) is 23.7 Å². The van der Waals surface area contributed by atoms with Gasteiger partial charge in [-0.1, -0.05) is 41.0 Å². The SMILES string of the molecule is COC1C(OC2OCC(O)C(O)C2O)COC(OCC[C@@H](CC[C@@H](C)[C@H]2[C@@H](O)[C@@H](O)C3[C@]4(O)C[C@H](O)C5[C@@H](O)[C@@H](O)CC[C@]5(C)C4CC[C@@]32C)C(C)C)C1O. The Bertz CT molecular complexity index is 1280. The number of methoxy groups -OCH3 is 1. The van der Waals surface area contributed by atoms with Crippen molar-refractivity contribution in [3.8, 4) is 0 Å². The number of fused-ring (bicyclic) bond motifs is 5. The Morgan fingerprint density at radius 3 is 2.04 bits per heavy atom. The summed E-state index contributed by atoms with van der Waals surface area (Å²) in [5.41, 5.74) is -2.66. The highest BCUT2D eigenvalue weighted by Gasteiger charge is 2.73. The number of hydrogen-bond donors (Lipinski definition) is 10. The molecular weight excluding hydrogens is 720 g/mol. The van der Waals surface area contributed by atoms with Gasteiger partial charge in [0, 0.05) is 25.4 Å². The van der Waals surface area contributed by atoms with Gasteiger partial charge in [0.15, 0.2) is 12.6 Å². The first-order valence-electron chi connectivity index (χ1n) is 20.7. The Hall–Kier alpha value is -0.600. The minimum Gasteiger partial charge on any atom is -0.393 e. The number of rotatable bonds is 12. The van der Waals surface area contributed by atoms with Crippen LogP contribution in [0.25, 0.3) is 0 Å². The van der Waals surface area contributed by atoms with Crippen molar-refractivity contribution in [3.63, 3.8) is 0 Å². The normalized spacial score (nSPS) is 52.6. The molecule has 320 valence electrons. The molecule has 6 fully saturated rings. The quantitative estimate of drug-likeness (QED) is 0.122. The van der Waals surface area contributed by atoms with E-state index in [1.807, 2.05) is 6.92 Å². The van der Waals surface area contributed by atoms with Crippen molar-refractivity contribution in [2.24, 2.45) is 52.3 Å². The Balaban J connectivity index is 1.05. The zero-order valence-corrected chi connectivity index (χ0v) is 33.3. The van der Waals surface area contributed by atoms with E-state index in [0.717, 1.165) is 12.8 Å². The molecule has 6 aliphatic rings. The molecule has 2 heterocycles. The first-order valence-corrected chi connectivity index (χ1v) is 20.7. The van der Waals surface area contributed by atoms with Crippen LogP contribution in [0.2, 0.25) is 0 Å². The van der Waals surface area contributed by atoms with Crippen molar-refractivity contribution in [2.75, 3.05) is 26.9 Å². The average molecular weight is 791 g/mol. The molecule has 2 aliphatic heterocycles. The minimum atomic E-state index is -1.50. The smallest absolute Gasteiger partial charge is 0.186 e. The molecule has 15 nitrogen and oxygen atoms in total. The van der Waals surface area contributed by atoms with Crippen LogP contribution in [0.1, 0.15) is 86.0 Å². The van der Waals surface area contributed by atoms with Gasteiger partial charge in [-0.25, -0.2) is 0 Å². The minimum absolute atomic E-state index is 0.00407. The highest BCUT2D eigenvalue weighted by atomic mass is 16.7. The number of hydrogen-bond acceptors (Lipinski definition) is 15. The fourth-order valence-electron chi connectivity index (χ4n) is 12.8. The number of aliphatic hydroxyl groups excluding tert-OH is 9. The molecule has 0 bridgehead atoms. The van der Waals surface area contributed by atoms with Crippen LogP contribution < -0.4 is 0 Å². The van der Waals surface area contributed by atoms with Crippen LogP contribution >= 0.6 is 0 Å². The van der Waals surface area contributed by atoms with Crippen molar-refractivity contribution in [3.05, 3.63) is 0 Å². The Morgan fingerprint density at radius 2 is 1.36 bits per heavy atom. The highest BCUT2D eigenvalue weighted by molar-refractivity contribution is 5.22. The van der Waals surface area contributed by atoms with Crippen molar-refractivity contribution in [2.45, 2.75) is 171 Å². The van der Waals surface area contributed by atoms with E-state index in [2.05, 4.69) is 27.7 Å². The number of aliphatic hydroxyl groups is 10. The molecule has 4 saturated carbocycles. The summed E-state index contributed by atoms with van der Waals surface area (Å²) >= 11 is 0. The molecule has 0 radical (unpaired) electrons. The summed E-state index contributed by atoms with van der Waals surface area (Å²) < 4.78 is 28.5. The van der Waals surface area contributed by atoms with Crippen molar-refractivity contribution < 1.29 is 74.7 Å². The lowest BCUT2D eigenvalue weighted by Crippen LogP contribution is -2.71. The fourth-order valence-corrected chi connectivity index (χ4v) is 12.8. The second-order valence-corrected chi connectivity index (χ2v) is 19.0. The summed E-state index contributed by atoms with van der Waals surface area (Å²) in [5.74, 6) is -1.29. The van der Waals surface area contributed by atoms with Gasteiger partial charge in [-0.2, -0.15) is 0 Å². The number of ether oxygens (including phenoxy) is 5. The summed E-state index contributed by atoms with van der Waals surface area (Å²) in [5, 5.41) is 110. The van der Waals surface area contributed by atoms with Gasteiger partial charge in [-0.3, -0.25) is 0 Å². The summed E-state index contributed by atoms with van der Waals surface area (Å²) in [6.45, 7) is 10.5. The molecule has 0 aromatic rings. The Morgan fingerprint density at radius 1 is 0.691 bits per heavy atom. The molecule has 22 atom stereocenters. The molecule has 55 heavy (non-hydrogen) atoms. The predicted molar refractivity (Wildman–Crippen MR) is 195 cm³/mol. The molecular formula is C40H70O15. The molecule has 0 aromatic carbocycles. The predicted octanol–water partition coefficient (Wildman–Crippen LogP) is -0.344. The second kappa shape index (κ2) is 16.8. The van der Waals surface area contributed by atoms with E-state index in [-0.39, 0.29) is 43.3 Å². The zero-order chi connectivity index (χ0) is 40.4. The van der Waals surface area contributed by atoms with E-state index in [1.165, 1.54) is 7.11 Å². The Labute approximate surface area is 324 Å². The molecule has 0 aromatic heterocycles. The van der Waals surface area contributed by atoms with Gasteiger partial charge in [0.05, 0.1) is 55.9 Å². The molecule has 15 heteroatoms. The van der Waals surface area contributed by atoms with Gasteiger partial charge in [-0.15, -0.1) is 0 Å². The molecule has 11 unspecified atom stereocenters. The van der Waals surface area contributed by atoms with Gasteiger partial charge in [-0.05, 0) is 78.9 Å². The van der Waals surface area contributed by atoms with Crippen LogP contribution in [0.5, 0.6) is 0 Å². The van der Waals surface area contributed by atoms with Gasteiger partial charge >= 0.3 is 0 Å². The summed E-state index contributed by atoms with van der Waals surface area (Å²) in [4.78, 5) is 0. The first kappa shape index (κ1) is 44.0. The molecule has 4 aliphatic carbocycles. The zero-order valence-electron chi connectivity index (χ0n) is 33.3. The van der Waals surface area contributed by atoms with Crippen molar-refractivity contribution in [1.29, 1.82) is 0 Å². The highest BCUT2D eigenvalue weighted by Crippen LogP contribution is 2.70. The van der Waals surface area contributed by atoms with Gasteiger partial charge < -0.3 is 74.7 Å². The van der Waals surface area contributed by atoms with E-state index in [9.17, 15) is 51.1 Å². The average Bonchev–Trinajstić information content (AvgIpc) is 3.33. The summed E-state index contributed by atoms with van der Waals surface area (Å²) in [7, 11) is 1.41. The van der Waals surface area contributed by atoms with E-state index >= 15 is 0 Å². The lowest BCUT2D eigenvalue weighted by atomic mass is 9.41. The molecule has 2 saturated heterocycles. The maximum Gasteiger partial charge on any atom is 0.186 e. The van der Waals surface area contributed by atoms with E-state index < -0.39 is 108 Å². The van der Waals surface area contributed by atoms with Gasteiger partial charge in [0.1, 0.15) is 36.6 Å². The topological polar surface area (TPSA) is 248 Å². The monoisotopic (exact) mass is 790 g/mol. The van der Waals surface area contributed by atoms with Crippen molar-refractivity contribution in [1.82, 2.24) is 0 Å². The summed E-state index contributed by atoms with van der Waals surface area (Å²) in [6.07, 6.45) is -10.2. The maximum atomic E-state index is 12.6. The summed E-state index contributed by atoms with van der Waals surface area (Å²) in [6, 6.07) is 0. The first-order chi connectivity index (χ1) is 25.8. The molecule has 0 spiro atoms. The molecule has 6 rings (SSSR count). The van der Waals surface area contributed by atoms with Crippen molar-refractivity contribution >= 4 is 0 Å². The third-order valence-corrected chi connectivity index (χ3v) is 15.7. The third kappa shape index (κ3) is 7.70. The van der Waals surface area contributed by atoms with Crippen LogP contribution in [0.3, 0.4) is 0 Å². The van der Waals surface area contributed by atoms with Crippen LogP contribution in [0.15, 0.2) is 0 Å². The lowest BCUT2D eigenvalue weighted by molar-refractivity contribution is -0.331. The molecule has 10 N–H and O–H groups in total. The van der Waals surface area contributed by atoms with E-state index in [1.54, 1.807) is 0 Å². The standard InChI is InChI=1S/C40H70O15/c1-18(2)20(11-14-52-36-33(49)34(51-6)24(17-54-36)55-37-32(48)29(45)23(43)16-53-37)8-7-19(3)26-30(46)31(47)35-39(26,5)13-10-25-38(4)12-9-21(41)28(44)27(38)22(42)15-40(25,35)50/h18-37,41-50H,7-17H2,1-6H3/t19-,20-,21+,22+,23?,24?,25?,26+,27?,28+,29?,30-,31-,32?,33?,34?,35?,36?,37?,38-,39-,40+/m1/s1. The van der Waals surface area contributed by atoms with Crippen LogP contribution in [-0.4, -0.2) is 163 Å². The Kier molecular flexibility index (Phi) is 13.4. The molecule has 0 amide bonds. The van der Waals surface area contributed by atoms with Gasteiger partial charge in [0.25, 0.3) is 0 Å². The van der Waals surface area contributed by atoms with E-state index in [0.29, 0.717) is 44.6 Å². The largest absolute Gasteiger partial charge is 0.393 e. The van der Waals surface area contributed by atoms with Crippen LogP contribution in [0.4, 0.5) is 0 Å². The van der Waals surface area contributed by atoms with Crippen LogP contribution in [0, 0.1) is 52.3 Å². The van der Waals surface area contributed by atoms with Gasteiger partial charge in [0.2, 0.25) is 0 Å². The second-order valence-electron chi connectivity index (χ2n) is 19.0. The van der Waals surface area contributed by atoms with Crippen LogP contribution in [-0.2, 0) is 23.7 Å². The fraction of sp³-hybridized carbons (Fsp3) is 1.00. The third-order valence-electron chi connectivity index (χ3n) is 15.7.